The van der Waals surface area contributed by atoms with E-state index in [2.05, 4.69) is 4.72 Å². The van der Waals surface area contributed by atoms with Crippen LogP contribution in [0.25, 0.3) is 0 Å². The average molecular weight is 375 g/mol. The summed E-state index contributed by atoms with van der Waals surface area (Å²) in [5.74, 6) is -0.158. The minimum absolute atomic E-state index is 0.158. The van der Waals surface area contributed by atoms with Gasteiger partial charge in [0.2, 0.25) is 0 Å². The zero-order valence-electron chi connectivity index (χ0n) is 13.8. The molecule has 1 aliphatic heterocycles. The highest BCUT2D eigenvalue weighted by Gasteiger charge is 2.26. The molecule has 136 valence electrons. The molecule has 0 bridgehead atoms. The van der Waals surface area contributed by atoms with Gasteiger partial charge in [0, 0.05) is 30.4 Å². The number of hydrogen-bond donors (Lipinski definition) is 1. The second-order valence-electron chi connectivity index (χ2n) is 5.91. The van der Waals surface area contributed by atoms with Gasteiger partial charge in [-0.05, 0) is 37.1 Å². The number of sulfonamides is 1. The second kappa shape index (κ2) is 7.12. The Morgan fingerprint density at radius 3 is 2.46 bits per heavy atom. The molecule has 0 unspecified atom stereocenters. The highest BCUT2D eigenvalue weighted by molar-refractivity contribution is 7.92. The van der Waals surface area contributed by atoms with E-state index in [4.69, 9.17) is 0 Å². The summed E-state index contributed by atoms with van der Waals surface area (Å²) in [6.45, 7) is 1.37. The Morgan fingerprint density at radius 1 is 1.08 bits per heavy atom. The van der Waals surface area contributed by atoms with Gasteiger partial charge in [0.15, 0.2) is 4.90 Å². The SMILES string of the molecule is O=C(c1cccc(NS(=O)(=O)c2ccccc2[N+](=O)[O-])c1)N1CCCC1. The van der Waals surface area contributed by atoms with Crippen molar-refractivity contribution in [2.24, 2.45) is 0 Å². The molecule has 1 heterocycles. The molecule has 1 N–H and O–H groups in total. The van der Waals surface area contributed by atoms with Crippen LogP contribution in [-0.4, -0.2) is 37.2 Å². The zero-order valence-corrected chi connectivity index (χ0v) is 14.6. The predicted molar refractivity (Wildman–Crippen MR) is 95.5 cm³/mol. The first kappa shape index (κ1) is 17.9. The molecule has 2 aromatic carbocycles. The molecule has 0 aromatic heterocycles. The third kappa shape index (κ3) is 3.67. The molecule has 1 saturated heterocycles. The van der Waals surface area contributed by atoms with Gasteiger partial charge in [0.25, 0.3) is 21.6 Å². The van der Waals surface area contributed by atoms with E-state index in [0.29, 0.717) is 18.7 Å². The van der Waals surface area contributed by atoms with Crippen molar-refractivity contribution in [3.63, 3.8) is 0 Å². The summed E-state index contributed by atoms with van der Waals surface area (Å²) in [6, 6.07) is 11.2. The van der Waals surface area contributed by atoms with Crippen LogP contribution in [0.1, 0.15) is 23.2 Å². The number of nitrogens with one attached hydrogen (secondary N) is 1. The summed E-state index contributed by atoms with van der Waals surface area (Å²) in [6.07, 6.45) is 1.91. The number of nitrogens with zero attached hydrogens (tertiary/aromatic N) is 2. The van der Waals surface area contributed by atoms with Gasteiger partial charge in [-0.1, -0.05) is 18.2 Å². The number of para-hydroxylation sites is 1. The van der Waals surface area contributed by atoms with Crippen LogP contribution in [-0.2, 0) is 10.0 Å². The third-order valence-electron chi connectivity index (χ3n) is 4.11. The number of anilines is 1. The van der Waals surface area contributed by atoms with Gasteiger partial charge in [0.05, 0.1) is 4.92 Å². The van der Waals surface area contributed by atoms with E-state index in [0.717, 1.165) is 18.9 Å². The Kier molecular flexibility index (Phi) is 4.90. The van der Waals surface area contributed by atoms with Gasteiger partial charge in [0.1, 0.15) is 0 Å². The van der Waals surface area contributed by atoms with Gasteiger partial charge < -0.3 is 4.90 Å². The Bertz CT molecular complexity index is 952. The largest absolute Gasteiger partial charge is 0.339 e. The van der Waals surface area contributed by atoms with E-state index >= 15 is 0 Å². The summed E-state index contributed by atoms with van der Waals surface area (Å²) >= 11 is 0. The summed E-state index contributed by atoms with van der Waals surface area (Å²) < 4.78 is 27.4. The molecule has 26 heavy (non-hydrogen) atoms. The van der Waals surface area contributed by atoms with Gasteiger partial charge in [-0.15, -0.1) is 0 Å². The van der Waals surface area contributed by atoms with Crippen molar-refractivity contribution in [3.8, 4) is 0 Å². The first-order valence-corrected chi connectivity index (χ1v) is 9.52. The molecule has 3 rings (SSSR count). The third-order valence-corrected chi connectivity index (χ3v) is 5.54. The normalized spacial score (nSPS) is 14.2. The number of benzene rings is 2. The van der Waals surface area contributed by atoms with Crippen molar-refractivity contribution in [1.29, 1.82) is 0 Å². The number of nitro benzene ring substituents is 1. The predicted octanol–water partition coefficient (Wildman–Crippen LogP) is 2.63. The van der Waals surface area contributed by atoms with Crippen molar-refractivity contribution in [2.75, 3.05) is 17.8 Å². The van der Waals surface area contributed by atoms with E-state index in [1.54, 1.807) is 17.0 Å². The number of nitro groups is 1. The van der Waals surface area contributed by atoms with Crippen molar-refractivity contribution < 1.29 is 18.1 Å². The lowest BCUT2D eigenvalue weighted by molar-refractivity contribution is -0.387. The van der Waals surface area contributed by atoms with E-state index < -0.39 is 25.5 Å². The molecular weight excluding hydrogens is 358 g/mol. The molecule has 0 saturated carbocycles. The van der Waals surface area contributed by atoms with Crippen LogP contribution in [0.5, 0.6) is 0 Å². The lowest BCUT2D eigenvalue weighted by atomic mass is 10.2. The standard InChI is InChI=1S/C17H17N3O5S/c21-17(19-10-3-4-11-19)13-6-5-7-14(12-13)18-26(24,25)16-9-2-1-8-15(16)20(22)23/h1-2,5-9,12,18H,3-4,10-11H2. The van der Waals surface area contributed by atoms with Crippen molar-refractivity contribution in [2.45, 2.75) is 17.7 Å². The lowest BCUT2D eigenvalue weighted by Gasteiger charge is -2.16. The molecular formula is C17H17N3O5S. The van der Waals surface area contributed by atoms with E-state index in [-0.39, 0.29) is 11.6 Å². The molecule has 2 aromatic rings. The van der Waals surface area contributed by atoms with Gasteiger partial charge >= 0.3 is 0 Å². The number of carbonyl (C=O) groups excluding carboxylic acids is 1. The first-order valence-electron chi connectivity index (χ1n) is 8.04. The van der Waals surface area contributed by atoms with Crippen molar-refractivity contribution in [1.82, 2.24) is 4.90 Å². The Labute approximate surface area is 150 Å². The van der Waals surface area contributed by atoms with Crippen LogP contribution in [0.4, 0.5) is 11.4 Å². The molecule has 0 aliphatic carbocycles. The maximum Gasteiger partial charge on any atom is 0.289 e. The van der Waals surface area contributed by atoms with E-state index in [9.17, 15) is 23.3 Å². The summed E-state index contributed by atoms with van der Waals surface area (Å²) in [4.78, 5) is 24.1. The molecule has 1 amide bonds. The lowest BCUT2D eigenvalue weighted by Crippen LogP contribution is -2.27. The summed E-state index contributed by atoms with van der Waals surface area (Å²) in [7, 11) is -4.17. The van der Waals surface area contributed by atoms with Crippen LogP contribution in [0, 0.1) is 10.1 Å². The molecule has 0 radical (unpaired) electrons. The van der Waals surface area contributed by atoms with Crippen molar-refractivity contribution in [3.05, 3.63) is 64.2 Å². The highest BCUT2D eigenvalue weighted by atomic mass is 32.2. The van der Waals surface area contributed by atoms with Crippen LogP contribution >= 0.6 is 0 Å². The number of likely N-dealkylation sites (tertiary alicyclic amines) is 1. The molecule has 1 fully saturated rings. The Morgan fingerprint density at radius 2 is 1.77 bits per heavy atom. The summed E-state index contributed by atoms with van der Waals surface area (Å²) in [5.41, 5.74) is 0.0344. The zero-order chi connectivity index (χ0) is 18.7. The van der Waals surface area contributed by atoms with Crippen LogP contribution in [0.15, 0.2) is 53.4 Å². The van der Waals surface area contributed by atoms with Crippen LogP contribution in [0.2, 0.25) is 0 Å². The van der Waals surface area contributed by atoms with Gasteiger partial charge in [-0.2, -0.15) is 0 Å². The highest BCUT2D eigenvalue weighted by Crippen LogP contribution is 2.26. The van der Waals surface area contributed by atoms with Crippen molar-refractivity contribution >= 4 is 27.3 Å². The van der Waals surface area contributed by atoms with Gasteiger partial charge in [-0.3, -0.25) is 19.6 Å². The Balaban J connectivity index is 1.88. The molecule has 1 aliphatic rings. The molecule has 8 nitrogen and oxygen atoms in total. The smallest absolute Gasteiger partial charge is 0.289 e. The fourth-order valence-corrected chi connectivity index (χ4v) is 4.09. The number of amides is 1. The van der Waals surface area contributed by atoms with E-state index in [1.807, 2.05) is 0 Å². The fourth-order valence-electron chi connectivity index (χ4n) is 2.86. The van der Waals surface area contributed by atoms with E-state index in [1.165, 1.54) is 30.3 Å². The van der Waals surface area contributed by atoms with Crippen LogP contribution < -0.4 is 4.72 Å². The number of hydrogen-bond acceptors (Lipinski definition) is 5. The van der Waals surface area contributed by atoms with Crippen LogP contribution in [0.3, 0.4) is 0 Å². The molecule has 0 spiro atoms. The minimum Gasteiger partial charge on any atom is -0.339 e. The maximum absolute atomic E-state index is 12.6. The second-order valence-corrected chi connectivity index (χ2v) is 7.56. The Hall–Kier alpha value is -2.94. The number of rotatable bonds is 5. The number of carbonyl (C=O) groups is 1. The average Bonchev–Trinajstić information content (AvgIpc) is 3.15. The summed E-state index contributed by atoms with van der Waals surface area (Å²) in [5, 5.41) is 11.1. The quantitative estimate of drug-likeness (QED) is 0.638. The van der Waals surface area contributed by atoms with Gasteiger partial charge in [-0.25, -0.2) is 8.42 Å². The molecule has 9 heteroatoms. The topological polar surface area (TPSA) is 110 Å². The maximum atomic E-state index is 12.6. The minimum atomic E-state index is -4.17. The monoisotopic (exact) mass is 375 g/mol. The first-order chi connectivity index (χ1) is 12.4. The fraction of sp³-hybridized carbons (Fsp3) is 0.235. The molecule has 0 atom stereocenters.